The van der Waals surface area contributed by atoms with Gasteiger partial charge in [0.2, 0.25) is 0 Å². The predicted molar refractivity (Wildman–Crippen MR) is 90.0 cm³/mol. The van der Waals surface area contributed by atoms with Crippen molar-refractivity contribution >= 4 is 23.3 Å². The lowest BCUT2D eigenvalue weighted by molar-refractivity contribution is -0.122. The Morgan fingerprint density at radius 3 is 2.67 bits per heavy atom. The molecule has 0 spiro atoms. The van der Waals surface area contributed by atoms with Crippen molar-refractivity contribution in [2.24, 2.45) is 0 Å². The second kappa shape index (κ2) is 6.79. The van der Waals surface area contributed by atoms with E-state index in [1.54, 1.807) is 19.1 Å². The van der Waals surface area contributed by atoms with E-state index in [4.69, 9.17) is 9.15 Å². The molecule has 0 aliphatic carbocycles. The monoisotopic (exact) mass is 344 g/mol. The fraction of sp³-hybridized carbons (Fsp3) is 0.250. The molecular weight excluding hydrogens is 328 g/mol. The highest BCUT2D eigenvalue weighted by Crippen LogP contribution is 2.29. The normalized spacial score (nSPS) is 12.0. The first-order chi connectivity index (χ1) is 11.5. The second-order valence-electron chi connectivity index (χ2n) is 5.12. The summed E-state index contributed by atoms with van der Waals surface area (Å²) in [5.41, 5.74) is 0.819. The minimum Gasteiger partial charge on any atom is -0.481 e. The minimum atomic E-state index is -0.699. The lowest BCUT2D eigenvalue weighted by Gasteiger charge is -2.12. The molecule has 1 N–H and O–H groups in total. The Morgan fingerprint density at radius 1 is 1.25 bits per heavy atom. The third-order valence-electron chi connectivity index (χ3n) is 3.18. The van der Waals surface area contributed by atoms with Crippen molar-refractivity contribution in [1.29, 1.82) is 0 Å². The number of amides is 1. The largest absolute Gasteiger partial charge is 0.481 e. The van der Waals surface area contributed by atoms with Gasteiger partial charge in [0.25, 0.3) is 11.8 Å². The van der Waals surface area contributed by atoms with Gasteiger partial charge in [-0.25, -0.2) is 4.98 Å². The first kappa shape index (κ1) is 16.1. The van der Waals surface area contributed by atoms with E-state index in [0.29, 0.717) is 11.6 Å². The number of hydrogen-bond acceptors (Lipinski definition) is 7. The zero-order valence-electron chi connectivity index (χ0n) is 13.4. The molecule has 1 aromatic carbocycles. The van der Waals surface area contributed by atoms with Crippen molar-refractivity contribution in [3.8, 4) is 16.5 Å². The van der Waals surface area contributed by atoms with Crippen LogP contribution >= 0.6 is 11.3 Å². The molecule has 2 aromatic heterocycles. The SMILES string of the molecule is Cc1nc(C)c(-c2nnc(NC(=O)C(C)Oc3ccccc3)o2)s1. The Kier molecular flexibility index (Phi) is 4.57. The van der Waals surface area contributed by atoms with Gasteiger partial charge < -0.3 is 9.15 Å². The van der Waals surface area contributed by atoms with Gasteiger partial charge in [-0.2, -0.15) is 0 Å². The molecule has 1 atom stereocenters. The van der Waals surface area contributed by atoms with Crippen LogP contribution in [0, 0.1) is 13.8 Å². The summed E-state index contributed by atoms with van der Waals surface area (Å²) in [6.07, 6.45) is -0.699. The van der Waals surface area contributed by atoms with E-state index in [2.05, 4.69) is 20.5 Å². The number of hydrogen-bond donors (Lipinski definition) is 1. The number of nitrogens with zero attached hydrogens (tertiary/aromatic N) is 3. The first-order valence-electron chi connectivity index (χ1n) is 7.33. The van der Waals surface area contributed by atoms with Gasteiger partial charge in [0.05, 0.1) is 10.7 Å². The van der Waals surface area contributed by atoms with Crippen LogP contribution in [0.15, 0.2) is 34.7 Å². The summed E-state index contributed by atoms with van der Waals surface area (Å²) in [4.78, 5) is 17.3. The van der Waals surface area contributed by atoms with E-state index in [1.165, 1.54) is 11.3 Å². The van der Waals surface area contributed by atoms with Gasteiger partial charge >= 0.3 is 6.01 Å². The molecule has 1 unspecified atom stereocenters. The Bertz CT molecular complexity index is 844. The van der Waals surface area contributed by atoms with Gasteiger partial charge in [0.1, 0.15) is 10.6 Å². The van der Waals surface area contributed by atoms with E-state index in [-0.39, 0.29) is 11.9 Å². The van der Waals surface area contributed by atoms with Gasteiger partial charge in [0, 0.05) is 0 Å². The average molecular weight is 344 g/mol. The van der Waals surface area contributed by atoms with Gasteiger partial charge in [-0.3, -0.25) is 10.1 Å². The smallest absolute Gasteiger partial charge is 0.322 e. The van der Waals surface area contributed by atoms with Crippen LogP contribution in [-0.4, -0.2) is 27.2 Å². The van der Waals surface area contributed by atoms with Crippen molar-refractivity contribution in [3.63, 3.8) is 0 Å². The maximum absolute atomic E-state index is 12.2. The van der Waals surface area contributed by atoms with Crippen molar-refractivity contribution < 1.29 is 13.9 Å². The Balaban J connectivity index is 1.66. The molecule has 7 nitrogen and oxygen atoms in total. The van der Waals surface area contributed by atoms with Crippen LogP contribution in [0.3, 0.4) is 0 Å². The molecular formula is C16H16N4O3S. The molecule has 0 aliphatic rings. The number of aromatic nitrogens is 3. The summed E-state index contributed by atoms with van der Waals surface area (Å²) < 4.78 is 11.0. The van der Waals surface area contributed by atoms with E-state index < -0.39 is 6.10 Å². The van der Waals surface area contributed by atoms with Gasteiger partial charge in [-0.1, -0.05) is 23.3 Å². The summed E-state index contributed by atoms with van der Waals surface area (Å²) in [6, 6.07) is 9.14. The van der Waals surface area contributed by atoms with E-state index in [1.807, 2.05) is 32.0 Å². The van der Waals surface area contributed by atoms with E-state index >= 15 is 0 Å². The molecule has 124 valence electrons. The fourth-order valence-electron chi connectivity index (χ4n) is 2.06. The molecule has 0 fully saturated rings. The molecule has 24 heavy (non-hydrogen) atoms. The lowest BCUT2D eigenvalue weighted by Crippen LogP contribution is -2.30. The third kappa shape index (κ3) is 3.60. The van der Waals surface area contributed by atoms with Gasteiger partial charge in [-0.15, -0.1) is 16.4 Å². The zero-order chi connectivity index (χ0) is 17.1. The van der Waals surface area contributed by atoms with E-state index in [0.717, 1.165) is 15.6 Å². The van der Waals surface area contributed by atoms with Crippen molar-refractivity contribution in [2.75, 3.05) is 5.32 Å². The maximum atomic E-state index is 12.2. The van der Waals surface area contributed by atoms with Crippen LogP contribution in [0.4, 0.5) is 6.01 Å². The van der Waals surface area contributed by atoms with Crippen LogP contribution in [0.2, 0.25) is 0 Å². The van der Waals surface area contributed by atoms with Crippen molar-refractivity contribution in [1.82, 2.24) is 15.2 Å². The van der Waals surface area contributed by atoms with Crippen LogP contribution in [0.25, 0.3) is 10.8 Å². The summed E-state index contributed by atoms with van der Waals surface area (Å²) in [5, 5.41) is 11.3. The average Bonchev–Trinajstić information content (AvgIpc) is 3.14. The molecule has 0 bridgehead atoms. The Morgan fingerprint density at radius 2 is 2.00 bits per heavy atom. The van der Waals surface area contributed by atoms with Crippen LogP contribution < -0.4 is 10.1 Å². The number of ether oxygens (including phenoxy) is 1. The van der Waals surface area contributed by atoms with Crippen molar-refractivity contribution in [2.45, 2.75) is 26.9 Å². The number of aryl methyl sites for hydroxylation is 2. The molecule has 0 aliphatic heterocycles. The number of benzene rings is 1. The summed E-state index contributed by atoms with van der Waals surface area (Å²) in [7, 11) is 0. The standard InChI is InChI=1S/C16H16N4O3S/c1-9-13(24-11(3)17-9)15-19-20-16(23-15)18-14(21)10(2)22-12-7-5-4-6-8-12/h4-8,10H,1-3H3,(H,18,20,21). The van der Waals surface area contributed by atoms with Gasteiger partial charge in [-0.05, 0) is 32.9 Å². The minimum absolute atomic E-state index is 0.0314. The Hall–Kier alpha value is -2.74. The quantitative estimate of drug-likeness (QED) is 0.764. The first-order valence-corrected chi connectivity index (χ1v) is 8.15. The third-order valence-corrected chi connectivity index (χ3v) is 4.24. The number of nitrogens with one attached hydrogen (secondary N) is 1. The maximum Gasteiger partial charge on any atom is 0.322 e. The Labute approximate surface area is 142 Å². The summed E-state index contributed by atoms with van der Waals surface area (Å²) >= 11 is 1.46. The molecule has 3 aromatic rings. The topological polar surface area (TPSA) is 90.1 Å². The lowest BCUT2D eigenvalue weighted by atomic mass is 10.3. The number of para-hydroxylation sites is 1. The second-order valence-corrected chi connectivity index (χ2v) is 6.33. The molecule has 8 heteroatoms. The van der Waals surface area contributed by atoms with E-state index in [9.17, 15) is 4.79 Å². The highest BCUT2D eigenvalue weighted by atomic mass is 32.1. The number of carbonyl (C=O) groups excluding carboxylic acids is 1. The van der Waals surface area contributed by atoms with Gasteiger partial charge in [0.15, 0.2) is 6.10 Å². The number of thiazole rings is 1. The number of carbonyl (C=O) groups is 1. The van der Waals surface area contributed by atoms with Crippen molar-refractivity contribution in [3.05, 3.63) is 41.0 Å². The fourth-order valence-corrected chi connectivity index (χ4v) is 2.90. The van der Waals surface area contributed by atoms with Crippen LogP contribution in [-0.2, 0) is 4.79 Å². The molecule has 0 saturated heterocycles. The molecule has 1 amide bonds. The molecule has 2 heterocycles. The highest BCUT2D eigenvalue weighted by Gasteiger charge is 2.19. The zero-order valence-corrected chi connectivity index (χ0v) is 14.3. The number of rotatable bonds is 5. The summed E-state index contributed by atoms with van der Waals surface area (Å²) in [6.45, 7) is 5.43. The van der Waals surface area contributed by atoms with Crippen LogP contribution in [0.1, 0.15) is 17.6 Å². The predicted octanol–water partition coefficient (Wildman–Crippen LogP) is 3.22. The number of anilines is 1. The molecule has 3 rings (SSSR count). The molecule has 0 saturated carbocycles. The summed E-state index contributed by atoms with van der Waals surface area (Å²) in [5.74, 6) is 0.582. The van der Waals surface area contributed by atoms with Crippen LogP contribution in [0.5, 0.6) is 5.75 Å². The highest BCUT2D eigenvalue weighted by molar-refractivity contribution is 7.15. The molecule has 0 radical (unpaired) electrons.